The van der Waals surface area contributed by atoms with Gasteiger partial charge in [-0.15, -0.1) is 0 Å². The normalized spacial score (nSPS) is 12.2. The number of aromatic nitrogens is 1. The molecule has 0 saturated carbocycles. The average molecular weight is 307 g/mol. The summed E-state index contributed by atoms with van der Waals surface area (Å²) in [6, 6.07) is 2.79. The number of azide groups is 1. The van der Waals surface area contributed by atoms with Gasteiger partial charge in [-0.2, -0.15) is 8.78 Å². The summed E-state index contributed by atoms with van der Waals surface area (Å²) in [6.45, 7) is -3.02. The molecule has 0 aromatic carbocycles. The Morgan fingerprint density at radius 1 is 1.53 bits per heavy atom. The van der Waals surface area contributed by atoms with Gasteiger partial charge in [0.2, 0.25) is 0 Å². The second-order valence-corrected chi connectivity index (χ2v) is 3.96. The topological polar surface area (TPSA) is 70.9 Å². The minimum atomic E-state index is -2.82. The van der Waals surface area contributed by atoms with Crippen molar-refractivity contribution in [2.45, 2.75) is 19.1 Å². The molecule has 17 heavy (non-hydrogen) atoms. The molecule has 0 amide bonds. The highest BCUT2D eigenvalue weighted by Gasteiger charge is 2.12. The summed E-state index contributed by atoms with van der Waals surface area (Å²) in [5, 5.41) is 3.50. The Morgan fingerprint density at radius 3 is 2.82 bits per heavy atom. The van der Waals surface area contributed by atoms with E-state index in [-0.39, 0.29) is 13.0 Å². The summed E-state index contributed by atoms with van der Waals surface area (Å²) in [6.07, 6.45) is 1.70. The van der Waals surface area contributed by atoms with E-state index in [0.717, 1.165) is 4.47 Å². The van der Waals surface area contributed by atoms with Gasteiger partial charge in [0, 0.05) is 21.3 Å². The van der Waals surface area contributed by atoms with Crippen LogP contribution in [0, 0.1) is 0 Å². The van der Waals surface area contributed by atoms with Gasteiger partial charge in [-0.1, -0.05) is 5.11 Å². The number of pyridine rings is 1. The van der Waals surface area contributed by atoms with E-state index >= 15 is 0 Å². The highest BCUT2D eigenvalue weighted by atomic mass is 79.9. The summed E-state index contributed by atoms with van der Waals surface area (Å²) >= 11 is 3.22. The minimum absolute atomic E-state index is 0.156. The molecule has 0 aliphatic rings. The van der Waals surface area contributed by atoms with Gasteiger partial charge >= 0.3 is 6.61 Å². The van der Waals surface area contributed by atoms with Crippen molar-refractivity contribution in [3.63, 3.8) is 0 Å². The molecule has 0 fully saturated rings. The number of ether oxygens (including phenoxy) is 1. The van der Waals surface area contributed by atoms with Crippen LogP contribution in [0.2, 0.25) is 0 Å². The van der Waals surface area contributed by atoms with Crippen LogP contribution in [0.25, 0.3) is 10.4 Å². The van der Waals surface area contributed by atoms with E-state index in [1.54, 1.807) is 18.3 Å². The fourth-order valence-corrected chi connectivity index (χ4v) is 1.41. The Morgan fingerprint density at radius 2 is 2.29 bits per heavy atom. The largest absolute Gasteiger partial charge is 0.345 e. The maximum Gasteiger partial charge on any atom is 0.345 e. The van der Waals surface area contributed by atoms with Crippen LogP contribution in [0.4, 0.5) is 8.78 Å². The Labute approximate surface area is 105 Å². The van der Waals surface area contributed by atoms with Crippen LogP contribution in [0.15, 0.2) is 27.9 Å². The van der Waals surface area contributed by atoms with Crippen LogP contribution in [0.3, 0.4) is 0 Å². The molecule has 1 heterocycles. The SMILES string of the molecule is [N-]=[N+]=NC(CCOC(F)F)c1ccc(Br)cn1. The van der Waals surface area contributed by atoms with Crippen molar-refractivity contribution >= 4 is 15.9 Å². The van der Waals surface area contributed by atoms with Crippen molar-refractivity contribution in [2.75, 3.05) is 6.61 Å². The molecule has 8 heteroatoms. The zero-order valence-corrected chi connectivity index (χ0v) is 10.2. The molecular formula is C9H9BrF2N4O. The number of nitrogens with zero attached hydrogens (tertiary/aromatic N) is 4. The lowest BCUT2D eigenvalue weighted by atomic mass is 10.1. The maximum atomic E-state index is 11.8. The summed E-state index contributed by atoms with van der Waals surface area (Å²) in [4.78, 5) is 6.70. The molecule has 0 aliphatic heterocycles. The van der Waals surface area contributed by atoms with Gasteiger partial charge in [-0.3, -0.25) is 4.98 Å². The van der Waals surface area contributed by atoms with Crippen molar-refractivity contribution in [1.82, 2.24) is 4.98 Å². The predicted octanol–water partition coefficient (Wildman–Crippen LogP) is 3.82. The summed E-state index contributed by atoms with van der Waals surface area (Å²) in [5.74, 6) is 0. The molecule has 5 nitrogen and oxygen atoms in total. The smallest absolute Gasteiger partial charge is 0.323 e. The maximum absolute atomic E-state index is 11.8. The second kappa shape index (κ2) is 7.16. The monoisotopic (exact) mass is 306 g/mol. The van der Waals surface area contributed by atoms with Gasteiger partial charge in [-0.25, -0.2) is 0 Å². The van der Waals surface area contributed by atoms with E-state index in [9.17, 15) is 8.78 Å². The minimum Gasteiger partial charge on any atom is -0.323 e. The third-order valence-electron chi connectivity index (χ3n) is 1.92. The molecular weight excluding hydrogens is 298 g/mol. The Kier molecular flexibility index (Phi) is 5.82. The molecule has 0 radical (unpaired) electrons. The van der Waals surface area contributed by atoms with Crippen LogP contribution in [-0.2, 0) is 4.74 Å². The highest BCUT2D eigenvalue weighted by Crippen LogP contribution is 2.21. The lowest BCUT2D eigenvalue weighted by molar-refractivity contribution is -0.130. The number of halogens is 3. The van der Waals surface area contributed by atoms with Crippen molar-refractivity contribution in [3.05, 3.63) is 38.9 Å². The first-order valence-electron chi connectivity index (χ1n) is 4.69. The lowest BCUT2D eigenvalue weighted by Gasteiger charge is -2.10. The van der Waals surface area contributed by atoms with E-state index in [2.05, 4.69) is 35.7 Å². The molecule has 1 aromatic rings. The van der Waals surface area contributed by atoms with Crippen molar-refractivity contribution < 1.29 is 13.5 Å². The molecule has 0 spiro atoms. The van der Waals surface area contributed by atoms with E-state index in [1.807, 2.05) is 0 Å². The quantitative estimate of drug-likeness (QED) is 0.455. The molecule has 92 valence electrons. The van der Waals surface area contributed by atoms with Crippen LogP contribution < -0.4 is 0 Å². The van der Waals surface area contributed by atoms with E-state index in [4.69, 9.17) is 5.53 Å². The number of hydrogen-bond acceptors (Lipinski definition) is 3. The third kappa shape index (κ3) is 5.08. The van der Waals surface area contributed by atoms with Crippen LogP contribution >= 0.6 is 15.9 Å². The fraction of sp³-hybridized carbons (Fsp3) is 0.444. The van der Waals surface area contributed by atoms with Crippen LogP contribution in [0.5, 0.6) is 0 Å². The van der Waals surface area contributed by atoms with Gasteiger partial charge in [0.1, 0.15) is 0 Å². The van der Waals surface area contributed by atoms with Crippen molar-refractivity contribution in [2.24, 2.45) is 5.11 Å². The molecule has 1 aromatic heterocycles. The van der Waals surface area contributed by atoms with E-state index in [0.29, 0.717) is 5.69 Å². The molecule has 0 aliphatic carbocycles. The van der Waals surface area contributed by atoms with Crippen LogP contribution in [0.1, 0.15) is 18.2 Å². The standard InChI is InChI=1S/C9H9BrF2N4O/c10-6-1-2-7(14-5-6)8(15-16-13)3-4-17-9(11)12/h1-2,5,8-9H,3-4H2. The number of hydrogen-bond donors (Lipinski definition) is 0. The van der Waals surface area contributed by atoms with Gasteiger partial charge < -0.3 is 4.74 Å². The zero-order valence-electron chi connectivity index (χ0n) is 8.63. The molecule has 1 unspecified atom stereocenters. The summed E-state index contributed by atoms with van der Waals surface area (Å²) in [7, 11) is 0. The molecule has 1 atom stereocenters. The third-order valence-corrected chi connectivity index (χ3v) is 2.39. The predicted molar refractivity (Wildman–Crippen MR) is 60.4 cm³/mol. The van der Waals surface area contributed by atoms with Crippen molar-refractivity contribution in [3.8, 4) is 0 Å². The van der Waals surface area contributed by atoms with Gasteiger partial charge in [0.05, 0.1) is 12.6 Å². The van der Waals surface area contributed by atoms with E-state index < -0.39 is 12.7 Å². The molecule has 1 rings (SSSR count). The van der Waals surface area contributed by atoms with Gasteiger partial charge in [0.25, 0.3) is 0 Å². The summed E-state index contributed by atoms with van der Waals surface area (Å²) in [5.41, 5.74) is 8.91. The molecule has 0 saturated heterocycles. The number of rotatable bonds is 6. The first-order valence-corrected chi connectivity index (χ1v) is 5.48. The van der Waals surface area contributed by atoms with Gasteiger partial charge in [0.15, 0.2) is 0 Å². The number of alkyl halides is 2. The Bertz CT molecular complexity index is 394. The van der Waals surface area contributed by atoms with E-state index in [1.165, 1.54) is 0 Å². The Balaban J connectivity index is 2.65. The van der Waals surface area contributed by atoms with Crippen LogP contribution in [-0.4, -0.2) is 18.2 Å². The summed E-state index contributed by atoms with van der Waals surface area (Å²) < 4.78 is 28.5. The zero-order chi connectivity index (χ0) is 12.7. The first kappa shape index (κ1) is 13.8. The average Bonchev–Trinajstić information content (AvgIpc) is 2.29. The molecule has 0 bridgehead atoms. The lowest BCUT2D eigenvalue weighted by Crippen LogP contribution is -2.06. The Hall–Kier alpha value is -1.24. The second-order valence-electron chi connectivity index (χ2n) is 3.04. The van der Waals surface area contributed by atoms with Gasteiger partial charge in [-0.05, 0) is 40.0 Å². The first-order chi connectivity index (χ1) is 8.13. The fourth-order valence-electron chi connectivity index (χ4n) is 1.18. The highest BCUT2D eigenvalue weighted by molar-refractivity contribution is 9.10. The molecule has 0 N–H and O–H groups in total. The van der Waals surface area contributed by atoms with Crippen molar-refractivity contribution in [1.29, 1.82) is 0 Å².